The maximum absolute atomic E-state index is 11.0. The molecule has 0 atom stereocenters. The second-order valence-electron chi connectivity index (χ2n) is 3.51. The summed E-state index contributed by atoms with van der Waals surface area (Å²) in [7, 11) is 0. The molecule has 1 aromatic heterocycles. The first-order valence-corrected chi connectivity index (χ1v) is 4.96. The van der Waals surface area contributed by atoms with Gasteiger partial charge in [-0.2, -0.15) is 0 Å². The molecule has 3 heteroatoms. The van der Waals surface area contributed by atoms with E-state index in [-0.39, 0.29) is 5.75 Å². The molecule has 0 amide bonds. The smallest absolute Gasteiger partial charge is 0.227 e. The van der Waals surface area contributed by atoms with Crippen LogP contribution in [0.4, 0.5) is 0 Å². The number of aromatic nitrogens is 1. The Morgan fingerprint density at radius 3 is 2.44 bits per heavy atom. The monoisotopic (exact) mass is 210 g/mol. The molecule has 0 unspecified atom stereocenters. The van der Waals surface area contributed by atoms with E-state index >= 15 is 0 Å². The minimum absolute atomic E-state index is 0.0140. The number of oxazole rings is 1. The normalized spacial score (nSPS) is 10.8. The molecule has 2 aromatic carbocycles. The van der Waals surface area contributed by atoms with E-state index in [2.05, 4.69) is 4.98 Å². The van der Waals surface area contributed by atoms with Crippen molar-refractivity contribution in [2.24, 2.45) is 0 Å². The molecule has 0 fully saturated rings. The predicted molar refractivity (Wildman–Crippen MR) is 59.6 cm³/mol. The maximum atomic E-state index is 11.0. The average Bonchev–Trinajstić information content (AvgIpc) is 2.73. The molecule has 3 rings (SSSR count). The van der Waals surface area contributed by atoms with Crippen LogP contribution in [0.3, 0.4) is 0 Å². The Bertz CT molecular complexity index is 593. The summed E-state index contributed by atoms with van der Waals surface area (Å²) in [5.74, 6) is 0.529. The van der Waals surface area contributed by atoms with Gasteiger partial charge in [-0.05, 0) is 36.4 Å². The fraction of sp³-hybridized carbons (Fsp3) is 0. The third-order valence-corrected chi connectivity index (χ3v) is 2.40. The summed E-state index contributed by atoms with van der Waals surface area (Å²) in [6.07, 6.45) is 0. The van der Waals surface area contributed by atoms with Gasteiger partial charge in [-0.25, -0.2) is 4.98 Å². The molecule has 0 aliphatic rings. The van der Waals surface area contributed by atoms with Crippen molar-refractivity contribution in [3.8, 4) is 17.2 Å². The van der Waals surface area contributed by atoms with Crippen molar-refractivity contribution in [1.29, 1.82) is 0 Å². The van der Waals surface area contributed by atoms with Gasteiger partial charge in [0.1, 0.15) is 5.52 Å². The second-order valence-corrected chi connectivity index (χ2v) is 3.51. The molecule has 77 valence electrons. The molecule has 16 heavy (non-hydrogen) atoms. The lowest BCUT2D eigenvalue weighted by Gasteiger charge is -1.92. The van der Waals surface area contributed by atoms with Gasteiger partial charge in [-0.15, -0.1) is 0 Å². The van der Waals surface area contributed by atoms with Crippen molar-refractivity contribution in [2.45, 2.75) is 0 Å². The van der Waals surface area contributed by atoms with E-state index < -0.39 is 0 Å². The first kappa shape index (κ1) is 8.97. The first-order valence-electron chi connectivity index (χ1n) is 4.96. The van der Waals surface area contributed by atoms with Crippen LogP contribution in [-0.2, 0) is 5.11 Å². The minimum Gasteiger partial charge on any atom is -0.436 e. The molecule has 3 nitrogen and oxygen atoms in total. The average molecular weight is 210 g/mol. The van der Waals surface area contributed by atoms with Crippen LogP contribution in [0.1, 0.15) is 0 Å². The van der Waals surface area contributed by atoms with Gasteiger partial charge >= 0.3 is 0 Å². The summed E-state index contributed by atoms with van der Waals surface area (Å²) in [5, 5.41) is 11.0. The number of nitrogens with zero attached hydrogens (tertiary/aromatic N) is 1. The molecule has 0 saturated heterocycles. The van der Waals surface area contributed by atoms with Crippen LogP contribution in [-0.4, -0.2) is 4.98 Å². The van der Waals surface area contributed by atoms with E-state index in [0.717, 1.165) is 16.7 Å². The van der Waals surface area contributed by atoms with Gasteiger partial charge in [0.2, 0.25) is 5.89 Å². The van der Waals surface area contributed by atoms with E-state index in [1.807, 2.05) is 24.3 Å². The molecule has 0 spiro atoms. The lowest BCUT2D eigenvalue weighted by molar-refractivity contribution is 0.355. The lowest BCUT2D eigenvalue weighted by atomic mass is 10.2. The van der Waals surface area contributed by atoms with Crippen molar-refractivity contribution in [3.05, 3.63) is 48.5 Å². The Balaban J connectivity index is 2.15. The molecular weight excluding hydrogens is 202 g/mol. The van der Waals surface area contributed by atoms with Crippen LogP contribution in [0, 0.1) is 0 Å². The highest BCUT2D eigenvalue weighted by Gasteiger charge is 2.07. The summed E-state index contributed by atoms with van der Waals surface area (Å²) in [6.45, 7) is 0. The lowest BCUT2D eigenvalue weighted by Crippen LogP contribution is -1.75. The highest BCUT2D eigenvalue weighted by Crippen LogP contribution is 2.25. The van der Waals surface area contributed by atoms with Gasteiger partial charge in [0.05, 0.1) is 0 Å². The number of fused-ring (bicyclic) bond motifs is 1. The Morgan fingerprint density at radius 1 is 0.938 bits per heavy atom. The van der Waals surface area contributed by atoms with Gasteiger partial charge in [-0.3, -0.25) is 5.11 Å². The summed E-state index contributed by atoms with van der Waals surface area (Å²) < 4.78 is 5.58. The largest absolute Gasteiger partial charge is 0.436 e. The zero-order chi connectivity index (χ0) is 11.0. The standard InChI is InChI=1S/C13H8NO2/c15-10-7-5-9(6-8-10)13-14-11-3-1-2-4-12(11)16-13/h1-8H. The molecule has 0 N–H and O–H groups in total. The third-order valence-electron chi connectivity index (χ3n) is 2.40. The highest BCUT2D eigenvalue weighted by atomic mass is 16.3. The van der Waals surface area contributed by atoms with E-state index in [4.69, 9.17) is 4.42 Å². The first-order chi connectivity index (χ1) is 7.83. The summed E-state index contributed by atoms with van der Waals surface area (Å²) in [6, 6.07) is 14.0. The molecule has 0 saturated carbocycles. The van der Waals surface area contributed by atoms with Crippen molar-refractivity contribution >= 4 is 11.1 Å². The van der Waals surface area contributed by atoms with Crippen molar-refractivity contribution < 1.29 is 9.52 Å². The van der Waals surface area contributed by atoms with Crippen LogP contribution in [0.15, 0.2) is 52.9 Å². The molecule has 0 aliphatic heterocycles. The van der Waals surface area contributed by atoms with Gasteiger partial charge in [0.15, 0.2) is 11.3 Å². The molecule has 0 bridgehead atoms. The molecule has 3 aromatic rings. The van der Waals surface area contributed by atoms with Gasteiger partial charge in [-0.1, -0.05) is 12.1 Å². The SMILES string of the molecule is [O]c1ccc(-c2nc3ccccc3o2)cc1. The van der Waals surface area contributed by atoms with E-state index in [0.29, 0.717) is 5.89 Å². The predicted octanol–water partition coefficient (Wildman–Crippen LogP) is 3.64. The summed E-state index contributed by atoms with van der Waals surface area (Å²) in [4.78, 5) is 4.34. The van der Waals surface area contributed by atoms with Crippen molar-refractivity contribution in [1.82, 2.24) is 4.98 Å². The third kappa shape index (κ3) is 1.42. The Labute approximate surface area is 92.0 Å². The van der Waals surface area contributed by atoms with Crippen LogP contribution >= 0.6 is 0 Å². The van der Waals surface area contributed by atoms with Gasteiger partial charge in [0.25, 0.3) is 0 Å². The number of hydrogen-bond acceptors (Lipinski definition) is 2. The number of hydrogen-bond donors (Lipinski definition) is 0. The van der Waals surface area contributed by atoms with Gasteiger partial charge < -0.3 is 4.42 Å². The minimum atomic E-state index is -0.0140. The maximum Gasteiger partial charge on any atom is 0.227 e. The van der Waals surface area contributed by atoms with Crippen LogP contribution in [0.2, 0.25) is 0 Å². The number of benzene rings is 2. The fourth-order valence-electron chi connectivity index (χ4n) is 1.59. The van der Waals surface area contributed by atoms with Crippen LogP contribution in [0.5, 0.6) is 5.75 Å². The van der Waals surface area contributed by atoms with Crippen LogP contribution in [0.25, 0.3) is 22.6 Å². The van der Waals surface area contributed by atoms with Crippen molar-refractivity contribution in [3.63, 3.8) is 0 Å². The molecule has 0 aliphatic carbocycles. The van der Waals surface area contributed by atoms with Gasteiger partial charge in [0, 0.05) is 5.56 Å². The fourth-order valence-corrected chi connectivity index (χ4v) is 1.59. The zero-order valence-corrected chi connectivity index (χ0v) is 8.38. The highest BCUT2D eigenvalue weighted by molar-refractivity contribution is 5.75. The molecular formula is C13H8NO2. The topological polar surface area (TPSA) is 45.9 Å². The van der Waals surface area contributed by atoms with Crippen LogP contribution < -0.4 is 0 Å². The number of rotatable bonds is 1. The molecule has 1 heterocycles. The summed E-state index contributed by atoms with van der Waals surface area (Å²) in [5.41, 5.74) is 2.39. The molecule has 1 radical (unpaired) electrons. The quantitative estimate of drug-likeness (QED) is 0.615. The Morgan fingerprint density at radius 2 is 1.69 bits per heavy atom. The second kappa shape index (κ2) is 3.38. The Hall–Kier alpha value is -2.29. The zero-order valence-electron chi connectivity index (χ0n) is 8.38. The van der Waals surface area contributed by atoms with E-state index in [1.165, 1.54) is 12.1 Å². The van der Waals surface area contributed by atoms with Crippen molar-refractivity contribution in [2.75, 3.05) is 0 Å². The summed E-state index contributed by atoms with van der Waals surface area (Å²) >= 11 is 0. The van der Waals surface area contributed by atoms with E-state index in [1.54, 1.807) is 12.1 Å². The van der Waals surface area contributed by atoms with E-state index in [9.17, 15) is 5.11 Å². The Kier molecular flexibility index (Phi) is 1.90. The number of para-hydroxylation sites is 2.